The van der Waals surface area contributed by atoms with E-state index in [9.17, 15) is 10.2 Å². The first-order valence-electron chi connectivity index (χ1n) is 5.25. The van der Waals surface area contributed by atoms with Crippen LogP contribution < -0.4 is 15.9 Å². The molecule has 86 valence electrons. The average Bonchev–Trinajstić information content (AvgIpc) is 2.27. The molecule has 0 fully saturated rings. The average molecular weight is 310 g/mol. The van der Waals surface area contributed by atoms with Crippen molar-refractivity contribution in [2.75, 3.05) is 19.8 Å². The maximum atomic E-state index is 9.30. The van der Waals surface area contributed by atoms with Crippen LogP contribution in [0.5, 0.6) is 0 Å². The molecule has 0 aromatic rings. The standard InChI is InChI=1S/C3H8N.2C3H7O.CH3.Sn/c3*1-2-3-4;;/h1-4H2;2*2-3H2,1H3;1H3;/q;2*-1;;+2. The fraction of sp³-hybridized carbons (Fsp3) is 1.00. The van der Waals surface area contributed by atoms with Gasteiger partial charge in [-0.25, -0.2) is 0 Å². The molecule has 0 saturated carbocycles. The van der Waals surface area contributed by atoms with Gasteiger partial charge in [-0.1, -0.05) is 26.7 Å². The second-order valence-corrected chi connectivity index (χ2v) is 6.10. The quantitative estimate of drug-likeness (QED) is 0.575. The van der Waals surface area contributed by atoms with Gasteiger partial charge in [0.15, 0.2) is 0 Å². The van der Waals surface area contributed by atoms with E-state index in [4.69, 9.17) is 5.73 Å². The predicted octanol–water partition coefficient (Wildman–Crippen LogP) is 0.0192. The van der Waals surface area contributed by atoms with Gasteiger partial charge in [-0.05, 0) is 0 Å². The molecule has 0 atom stereocenters. The Labute approximate surface area is 99.3 Å². The molecule has 0 radical (unpaired) electrons. The minimum absolute atomic E-state index is 0.0694. The van der Waals surface area contributed by atoms with Gasteiger partial charge in [-0.15, -0.1) is 13.2 Å². The Morgan fingerprint density at radius 2 is 1.43 bits per heavy atom. The number of hydrogen-bond donors (Lipinski definition) is 1. The van der Waals surface area contributed by atoms with Crippen LogP contribution in [0, 0.1) is 0 Å². The molecule has 0 heterocycles. The third kappa shape index (κ3) is 53.6. The number of hydrogen-bond acceptors (Lipinski definition) is 3. The fourth-order valence-electron chi connectivity index (χ4n) is 0.279. The summed E-state index contributed by atoms with van der Waals surface area (Å²) in [5.41, 5.74) is 5.24. The van der Waals surface area contributed by atoms with Crippen LogP contribution in [-0.4, -0.2) is 40.9 Å². The van der Waals surface area contributed by atoms with Gasteiger partial charge < -0.3 is 10.2 Å². The number of rotatable bonds is 5. The Bertz CT molecular complexity index is 54.1. The van der Waals surface area contributed by atoms with E-state index in [1.807, 2.05) is 13.8 Å². The molecule has 3 nitrogen and oxygen atoms in total. The molecule has 4 heteroatoms. The van der Waals surface area contributed by atoms with Crippen molar-refractivity contribution < 1.29 is 10.2 Å². The van der Waals surface area contributed by atoms with Gasteiger partial charge in [0, 0.05) is 0 Å². The molecule has 0 unspecified atom stereocenters. The Balaban J connectivity index is -0.000000135. The van der Waals surface area contributed by atoms with E-state index in [1.165, 1.54) is 10.9 Å². The summed E-state index contributed by atoms with van der Waals surface area (Å²) in [7, 11) is 0. The summed E-state index contributed by atoms with van der Waals surface area (Å²) in [5, 5.41) is 18.6. The third-order valence-corrected chi connectivity index (χ3v) is 3.48. The van der Waals surface area contributed by atoms with Gasteiger partial charge in [0.1, 0.15) is 0 Å². The van der Waals surface area contributed by atoms with Gasteiger partial charge in [0.05, 0.1) is 0 Å². The van der Waals surface area contributed by atoms with E-state index in [0.717, 1.165) is 19.4 Å². The summed E-state index contributed by atoms with van der Waals surface area (Å²) in [6, 6.07) is 0. The minimum atomic E-state index is 0.0694. The summed E-state index contributed by atoms with van der Waals surface area (Å²) in [6.07, 6.45) is 2.79. The molecule has 2 N–H and O–H groups in total. The van der Waals surface area contributed by atoms with Crippen LogP contribution in [0.2, 0.25) is 9.38 Å². The van der Waals surface area contributed by atoms with Crippen LogP contribution >= 0.6 is 0 Å². The Morgan fingerprint density at radius 3 is 1.50 bits per heavy atom. The van der Waals surface area contributed by atoms with Crippen LogP contribution in [0.4, 0.5) is 0 Å². The van der Waals surface area contributed by atoms with Crippen LogP contribution in [0.25, 0.3) is 0 Å². The molecular weight excluding hydrogens is 285 g/mol. The first-order chi connectivity index (χ1) is 6.74. The van der Waals surface area contributed by atoms with Crippen LogP contribution in [-0.2, 0) is 0 Å². The van der Waals surface area contributed by atoms with Crippen molar-refractivity contribution in [3.8, 4) is 0 Å². The zero-order valence-electron chi connectivity index (χ0n) is 9.84. The summed E-state index contributed by atoms with van der Waals surface area (Å²) in [4.78, 5) is 2.35. The molecule has 0 bridgehead atoms. The summed E-state index contributed by atoms with van der Waals surface area (Å²) < 4.78 is 1.46. The van der Waals surface area contributed by atoms with Gasteiger partial charge in [-0.2, -0.15) is 0 Å². The molecule has 0 aromatic heterocycles. The molecular formula is C10H25NO2Sn. The van der Waals surface area contributed by atoms with Gasteiger partial charge in [0.2, 0.25) is 0 Å². The van der Waals surface area contributed by atoms with Crippen molar-refractivity contribution in [1.82, 2.24) is 0 Å². The van der Waals surface area contributed by atoms with Gasteiger partial charge in [-0.3, -0.25) is 0 Å². The SMILES string of the molecule is CCC[O-].CCC[O-].[CH3][Sn+2][CH2]CCN. The van der Waals surface area contributed by atoms with Crippen LogP contribution in [0.15, 0.2) is 0 Å². The predicted molar refractivity (Wildman–Crippen MR) is 60.4 cm³/mol. The molecule has 14 heavy (non-hydrogen) atoms. The molecule has 0 aliphatic carbocycles. The van der Waals surface area contributed by atoms with Crippen molar-refractivity contribution in [1.29, 1.82) is 0 Å². The molecule has 0 amide bonds. The number of nitrogens with two attached hydrogens (primary N) is 1. The van der Waals surface area contributed by atoms with Crippen molar-refractivity contribution in [2.24, 2.45) is 5.73 Å². The Morgan fingerprint density at radius 1 is 1.07 bits per heavy atom. The zero-order chi connectivity index (χ0) is 11.7. The fourth-order valence-corrected chi connectivity index (χ4v) is 1.87. The normalized spacial score (nSPS) is 7.57. The monoisotopic (exact) mass is 311 g/mol. The van der Waals surface area contributed by atoms with Crippen LogP contribution in [0.1, 0.15) is 33.1 Å². The van der Waals surface area contributed by atoms with Crippen molar-refractivity contribution in [3.05, 3.63) is 0 Å². The maximum absolute atomic E-state index is 9.30. The van der Waals surface area contributed by atoms with E-state index < -0.39 is 0 Å². The van der Waals surface area contributed by atoms with Crippen LogP contribution in [0.3, 0.4) is 0 Å². The van der Waals surface area contributed by atoms with E-state index in [0.29, 0.717) is 0 Å². The van der Waals surface area contributed by atoms with Crippen molar-refractivity contribution >= 4 is 21.1 Å². The second-order valence-electron chi connectivity index (χ2n) is 2.65. The topological polar surface area (TPSA) is 72.1 Å². The summed E-state index contributed by atoms with van der Waals surface area (Å²) >= 11 is 0.110. The molecule has 0 aromatic carbocycles. The third-order valence-electron chi connectivity index (χ3n) is 1.04. The molecule has 0 aliphatic heterocycles. The zero-order valence-corrected chi connectivity index (χ0v) is 12.7. The molecule has 0 rings (SSSR count). The molecule has 0 aliphatic rings. The van der Waals surface area contributed by atoms with E-state index in [-0.39, 0.29) is 34.4 Å². The Kier molecular flexibility index (Phi) is 42.0. The molecule has 0 spiro atoms. The van der Waals surface area contributed by atoms with Crippen molar-refractivity contribution in [3.63, 3.8) is 0 Å². The van der Waals surface area contributed by atoms with Gasteiger partial charge in [0.25, 0.3) is 0 Å². The second kappa shape index (κ2) is 29.2. The molecule has 0 saturated heterocycles. The van der Waals surface area contributed by atoms with E-state index in [1.54, 1.807) is 0 Å². The van der Waals surface area contributed by atoms with Gasteiger partial charge >= 0.3 is 49.2 Å². The van der Waals surface area contributed by atoms with E-state index in [2.05, 4.69) is 4.94 Å². The van der Waals surface area contributed by atoms with Crippen molar-refractivity contribution in [2.45, 2.75) is 42.5 Å². The summed E-state index contributed by atoms with van der Waals surface area (Å²) in [5.74, 6) is 0. The van der Waals surface area contributed by atoms with E-state index >= 15 is 0 Å². The Hall–Kier alpha value is 0.679. The summed E-state index contributed by atoms with van der Waals surface area (Å²) in [6.45, 7) is 4.77. The first-order valence-corrected chi connectivity index (χ1v) is 10.1. The first kappa shape index (κ1) is 20.1.